The van der Waals surface area contributed by atoms with Gasteiger partial charge in [0, 0.05) is 20.3 Å². The normalized spacial score (nSPS) is 9.47. The summed E-state index contributed by atoms with van der Waals surface area (Å²) in [7, 11) is 0. The van der Waals surface area contributed by atoms with Crippen molar-refractivity contribution in [2.45, 2.75) is 6.42 Å². The van der Waals surface area contributed by atoms with Crippen LogP contribution in [0.1, 0.15) is 6.42 Å². The number of nitriles is 1. The molecule has 4 nitrogen and oxygen atoms in total. The molecule has 0 aliphatic carbocycles. The van der Waals surface area contributed by atoms with Gasteiger partial charge in [0.1, 0.15) is 0 Å². The van der Waals surface area contributed by atoms with E-state index >= 15 is 0 Å². The average Bonchev–Trinajstić information content (AvgIpc) is 2.28. The number of amides is 1. The lowest BCUT2D eigenvalue weighted by Gasteiger charge is -2.08. The Bertz CT molecular complexity index is 445. The van der Waals surface area contributed by atoms with Crippen LogP contribution in [-0.2, 0) is 4.79 Å². The van der Waals surface area contributed by atoms with Crippen molar-refractivity contribution >= 4 is 50.1 Å². The van der Waals surface area contributed by atoms with Crippen LogP contribution in [0.5, 0.6) is 0 Å². The summed E-state index contributed by atoms with van der Waals surface area (Å²) in [5.41, 5.74) is 0.876. The number of rotatable bonds is 5. The van der Waals surface area contributed by atoms with E-state index in [9.17, 15) is 4.79 Å². The highest BCUT2D eigenvalue weighted by molar-refractivity contribution is 14.1. The predicted octanol–water partition coefficient (Wildman–Crippen LogP) is 2.50. The largest absolute Gasteiger partial charge is 0.375 e. The smallest absolute Gasteiger partial charge is 0.239 e. The lowest BCUT2D eigenvalue weighted by Crippen LogP contribution is -2.30. The number of benzene rings is 1. The van der Waals surface area contributed by atoms with Crippen LogP contribution in [0.15, 0.2) is 22.7 Å². The number of halogens is 2. The van der Waals surface area contributed by atoms with Gasteiger partial charge in [-0.15, -0.1) is 0 Å². The number of hydrogen-bond donors (Lipinski definition) is 2. The summed E-state index contributed by atoms with van der Waals surface area (Å²) in [6.07, 6.45) is 0.332. The molecule has 0 aliphatic heterocycles. The third-order valence-electron chi connectivity index (χ3n) is 1.93. The lowest BCUT2D eigenvalue weighted by molar-refractivity contribution is -0.119. The van der Waals surface area contributed by atoms with E-state index in [1.54, 1.807) is 0 Å². The SMILES string of the molecule is N#CCCNC(=O)CNc1ccc(I)cc1Br. The van der Waals surface area contributed by atoms with Gasteiger partial charge in [0.15, 0.2) is 0 Å². The Morgan fingerprint density at radius 3 is 2.94 bits per heavy atom. The zero-order chi connectivity index (χ0) is 12.7. The topological polar surface area (TPSA) is 64.9 Å². The summed E-state index contributed by atoms with van der Waals surface area (Å²) in [6.45, 7) is 0.593. The molecule has 1 rings (SSSR count). The van der Waals surface area contributed by atoms with Gasteiger partial charge in [-0.3, -0.25) is 4.79 Å². The minimum absolute atomic E-state index is 0.120. The maximum Gasteiger partial charge on any atom is 0.239 e. The first-order chi connectivity index (χ1) is 8.13. The third kappa shape index (κ3) is 5.37. The van der Waals surface area contributed by atoms with Crippen LogP contribution < -0.4 is 10.6 Å². The first-order valence-electron chi connectivity index (χ1n) is 4.96. The lowest BCUT2D eigenvalue weighted by atomic mass is 10.3. The van der Waals surface area contributed by atoms with Gasteiger partial charge < -0.3 is 10.6 Å². The second kappa shape index (κ2) is 7.50. The summed E-state index contributed by atoms with van der Waals surface area (Å²) >= 11 is 5.64. The molecule has 0 radical (unpaired) electrons. The van der Waals surface area contributed by atoms with Crippen LogP contribution in [0.25, 0.3) is 0 Å². The fourth-order valence-electron chi connectivity index (χ4n) is 1.13. The Kier molecular flexibility index (Phi) is 6.29. The van der Waals surface area contributed by atoms with Crippen molar-refractivity contribution in [2.75, 3.05) is 18.4 Å². The molecule has 0 unspecified atom stereocenters. The Balaban J connectivity index is 2.40. The Morgan fingerprint density at radius 1 is 1.53 bits per heavy atom. The van der Waals surface area contributed by atoms with E-state index < -0.39 is 0 Å². The third-order valence-corrected chi connectivity index (χ3v) is 3.26. The molecule has 0 aliphatic rings. The molecule has 0 saturated heterocycles. The Labute approximate surface area is 122 Å². The molecule has 0 saturated carbocycles. The highest BCUT2D eigenvalue weighted by Crippen LogP contribution is 2.23. The van der Waals surface area contributed by atoms with Gasteiger partial charge >= 0.3 is 0 Å². The van der Waals surface area contributed by atoms with Crippen molar-refractivity contribution in [1.29, 1.82) is 5.26 Å². The molecule has 1 aromatic rings. The number of nitrogens with one attached hydrogen (secondary N) is 2. The Morgan fingerprint density at radius 2 is 2.29 bits per heavy atom. The van der Waals surface area contributed by atoms with Crippen LogP contribution in [-0.4, -0.2) is 19.0 Å². The first-order valence-corrected chi connectivity index (χ1v) is 6.83. The first kappa shape index (κ1) is 14.3. The fraction of sp³-hybridized carbons (Fsp3) is 0.273. The van der Waals surface area contributed by atoms with Crippen molar-refractivity contribution < 1.29 is 4.79 Å². The number of carbonyl (C=O) groups excluding carboxylic acids is 1. The number of hydrogen-bond acceptors (Lipinski definition) is 3. The molecule has 2 N–H and O–H groups in total. The number of carbonyl (C=O) groups is 1. The molecule has 0 aromatic heterocycles. The maximum absolute atomic E-state index is 11.4. The quantitative estimate of drug-likeness (QED) is 0.582. The predicted molar refractivity (Wildman–Crippen MR) is 78.6 cm³/mol. The molecule has 1 aromatic carbocycles. The molecule has 0 atom stereocenters. The van der Waals surface area contributed by atoms with Crippen LogP contribution in [0.2, 0.25) is 0 Å². The van der Waals surface area contributed by atoms with E-state index in [4.69, 9.17) is 5.26 Å². The molecule has 90 valence electrons. The van der Waals surface area contributed by atoms with Crippen LogP contribution in [0, 0.1) is 14.9 Å². The molecule has 0 heterocycles. The molecule has 6 heteroatoms. The van der Waals surface area contributed by atoms with Crippen LogP contribution in [0.3, 0.4) is 0 Å². The van der Waals surface area contributed by atoms with Gasteiger partial charge in [-0.25, -0.2) is 0 Å². The van der Waals surface area contributed by atoms with Crippen LogP contribution in [0.4, 0.5) is 5.69 Å². The standard InChI is InChI=1S/C11H11BrIN3O/c12-9-6-8(13)2-3-10(9)16-7-11(17)15-5-1-4-14/h2-3,6,16H,1,5,7H2,(H,15,17). The molecule has 1 amide bonds. The molecule has 0 spiro atoms. The summed E-state index contributed by atoms with van der Waals surface area (Å²) in [5.74, 6) is -0.120. The van der Waals surface area contributed by atoms with Crippen LogP contribution >= 0.6 is 38.5 Å². The van der Waals surface area contributed by atoms with Crippen molar-refractivity contribution in [3.63, 3.8) is 0 Å². The monoisotopic (exact) mass is 407 g/mol. The van der Waals surface area contributed by atoms with Gasteiger partial charge in [0.25, 0.3) is 0 Å². The summed E-state index contributed by atoms with van der Waals surface area (Å²) in [6, 6.07) is 7.81. The number of anilines is 1. The van der Waals surface area contributed by atoms with Crippen molar-refractivity contribution in [3.8, 4) is 6.07 Å². The van der Waals surface area contributed by atoms with Gasteiger partial charge in [-0.2, -0.15) is 5.26 Å². The minimum Gasteiger partial charge on any atom is -0.375 e. The van der Waals surface area contributed by atoms with E-state index in [1.807, 2.05) is 24.3 Å². The van der Waals surface area contributed by atoms with Crippen molar-refractivity contribution in [1.82, 2.24) is 5.32 Å². The van der Waals surface area contributed by atoms with Gasteiger partial charge in [-0.05, 0) is 56.7 Å². The zero-order valence-corrected chi connectivity index (χ0v) is 12.7. The van der Waals surface area contributed by atoms with Gasteiger partial charge in [-0.1, -0.05) is 0 Å². The van der Waals surface area contributed by atoms with E-state index in [-0.39, 0.29) is 12.5 Å². The summed E-state index contributed by atoms with van der Waals surface area (Å²) in [5, 5.41) is 14.0. The number of nitrogens with zero attached hydrogens (tertiary/aromatic N) is 1. The highest BCUT2D eigenvalue weighted by atomic mass is 127. The van der Waals surface area contributed by atoms with E-state index in [2.05, 4.69) is 49.2 Å². The van der Waals surface area contributed by atoms with E-state index in [0.29, 0.717) is 13.0 Å². The average molecular weight is 408 g/mol. The fourth-order valence-corrected chi connectivity index (χ4v) is 2.57. The molecular weight excluding hydrogens is 397 g/mol. The summed E-state index contributed by atoms with van der Waals surface area (Å²) < 4.78 is 2.05. The second-order valence-electron chi connectivity index (χ2n) is 3.24. The Hall–Kier alpha value is -0.810. The van der Waals surface area contributed by atoms with E-state index in [0.717, 1.165) is 13.7 Å². The molecule has 17 heavy (non-hydrogen) atoms. The summed E-state index contributed by atoms with van der Waals surface area (Å²) in [4.78, 5) is 11.4. The zero-order valence-electron chi connectivity index (χ0n) is 8.96. The van der Waals surface area contributed by atoms with Gasteiger partial charge in [0.05, 0.1) is 19.0 Å². The highest BCUT2D eigenvalue weighted by Gasteiger charge is 2.03. The van der Waals surface area contributed by atoms with Crippen molar-refractivity contribution in [3.05, 3.63) is 26.2 Å². The molecule has 0 bridgehead atoms. The minimum atomic E-state index is -0.120. The molecular formula is C11H11BrIN3O. The van der Waals surface area contributed by atoms with E-state index in [1.165, 1.54) is 0 Å². The second-order valence-corrected chi connectivity index (χ2v) is 5.34. The van der Waals surface area contributed by atoms with Gasteiger partial charge in [0.2, 0.25) is 5.91 Å². The molecule has 0 fully saturated rings. The maximum atomic E-state index is 11.4. The van der Waals surface area contributed by atoms with Crippen molar-refractivity contribution in [2.24, 2.45) is 0 Å².